The second-order valence-electron chi connectivity index (χ2n) is 6.43. The highest BCUT2D eigenvalue weighted by atomic mass is 35.5. The first-order valence-corrected chi connectivity index (χ1v) is 9.21. The van der Waals surface area contributed by atoms with Crippen LogP contribution in [-0.2, 0) is 6.54 Å². The molecule has 0 spiro atoms. The lowest BCUT2D eigenvalue weighted by atomic mass is 10.1. The van der Waals surface area contributed by atoms with Crippen molar-refractivity contribution in [1.82, 2.24) is 9.78 Å². The van der Waals surface area contributed by atoms with Gasteiger partial charge >= 0.3 is 0 Å². The number of amides is 1. The van der Waals surface area contributed by atoms with Gasteiger partial charge in [0, 0.05) is 11.1 Å². The van der Waals surface area contributed by atoms with Gasteiger partial charge in [-0.1, -0.05) is 60.1 Å². The van der Waals surface area contributed by atoms with Gasteiger partial charge in [-0.25, -0.2) is 9.07 Å². The average molecular weight is 408 g/mol. The Morgan fingerprint density at radius 1 is 1.00 bits per heavy atom. The lowest BCUT2D eigenvalue weighted by Crippen LogP contribution is -2.28. The van der Waals surface area contributed by atoms with Crippen molar-refractivity contribution in [3.63, 3.8) is 0 Å². The molecule has 0 unspecified atom stereocenters. The first-order valence-electron chi connectivity index (χ1n) is 8.83. The number of nitrogens with zero attached hydrogens (tertiary/aromatic N) is 2. The van der Waals surface area contributed by atoms with Gasteiger partial charge in [0.05, 0.1) is 17.0 Å². The van der Waals surface area contributed by atoms with Gasteiger partial charge < -0.3 is 5.32 Å². The number of aromatic nitrogens is 2. The van der Waals surface area contributed by atoms with Crippen LogP contribution in [0.3, 0.4) is 0 Å². The molecule has 0 saturated heterocycles. The number of carbonyl (C=O) groups is 1. The quantitative estimate of drug-likeness (QED) is 0.542. The van der Waals surface area contributed by atoms with E-state index in [9.17, 15) is 14.0 Å². The van der Waals surface area contributed by atoms with E-state index in [1.165, 1.54) is 22.9 Å². The minimum Gasteiger partial charge on any atom is -0.321 e. The zero-order chi connectivity index (χ0) is 20.4. The van der Waals surface area contributed by atoms with Crippen molar-refractivity contribution in [2.45, 2.75) is 6.54 Å². The predicted octanol–water partition coefficient (Wildman–Crippen LogP) is 4.49. The number of hydrogen-bond donors (Lipinski definition) is 1. The molecule has 0 atom stereocenters. The molecule has 0 aliphatic heterocycles. The van der Waals surface area contributed by atoms with Crippen LogP contribution in [0.2, 0.25) is 5.02 Å². The molecule has 144 valence electrons. The van der Waals surface area contributed by atoms with Crippen LogP contribution >= 0.6 is 11.6 Å². The van der Waals surface area contributed by atoms with E-state index in [1.807, 2.05) is 30.3 Å². The van der Waals surface area contributed by atoms with Crippen molar-refractivity contribution in [1.29, 1.82) is 0 Å². The minimum absolute atomic E-state index is 0.0941. The van der Waals surface area contributed by atoms with E-state index in [2.05, 4.69) is 10.4 Å². The van der Waals surface area contributed by atoms with Crippen molar-refractivity contribution < 1.29 is 9.18 Å². The number of hydrogen-bond acceptors (Lipinski definition) is 3. The summed E-state index contributed by atoms with van der Waals surface area (Å²) in [6.45, 7) is 0.229. The third-order valence-corrected chi connectivity index (χ3v) is 4.73. The fraction of sp³-hybridized carbons (Fsp3) is 0.0455. The van der Waals surface area contributed by atoms with Crippen LogP contribution in [0, 0.1) is 5.82 Å². The molecular weight excluding hydrogens is 393 g/mol. The number of nitrogens with one attached hydrogen (secondary N) is 1. The first kappa shape index (κ1) is 18.8. The van der Waals surface area contributed by atoms with Crippen molar-refractivity contribution >= 4 is 34.0 Å². The highest BCUT2D eigenvalue weighted by Gasteiger charge is 2.17. The molecule has 0 bridgehead atoms. The molecule has 5 nitrogen and oxygen atoms in total. The molecule has 4 aromatic rings. The maximum Gasteiger partial charge on any atom is 0.276 e. The van der Waals surface area contributed by atoms with E-state index in [4.69, 9.17) is 11.6 Å². The van der Waals surface area contributed by atoms with Gasteiger partial charge in [0.25, 0.3) is 11.5 Å². The van der Waals surface area contributed by atoms with Gasteiger partial charge in [-0.15, -0.1) is 0 Å². The summed E-state index contributed by atoms with van der Waals surface area (Å²) in [7, 11) is 0. The van der Waals surface area contributed by atoms with Crippen LogP contribution < -0.4 is 10.9 Å². The van der Waals surface area contributed by atoms with Crippen LogP contribution in [0.1, 0.15) is 16.1 Å². The lowest BCUT2D eigenvalue weighted by molar-refractivity contribution is 0.102. The Labute approximate surface area is 170 Å². The van der Waals surface area contributed by atoms with Crippen LogP contribution in [0.4, 0.5) is 10.1 Å². The monoisotopic (exact) mass is 407 g/mol. The number of halogens is 2. The summed E-state index contributed by atoms with van der Waals surface area (Å²) < 4.78 is 14.6. The van der Waals surface area contributed by atoms with Gasteiger partial charge in [0.15, 0.2) is 5.69 Å². The average Bonchev–Trinajstić information content (AvgIpc) is 2.73. The summed E-state index contributed by atoms with van der Waals surface area (Å²) in [6.07, 6.45) is 0. The summed E-state index contributed by atoms with van der Waals surface area (Å²) in [4.78, 5) is 25.8. The molecule has 0 aliphatic rings. The fourth-order valence-corrected chi connectivity index (χ4v) is 3.21. The zero-order valence-electron chi connectivity index (χ0n) is 15.1. The lowest BCUT2D eigenvalue weighted by Gasteiger charge is -2.12. The summed E-state index contributed by atoms with van der Waals surface area (Å²) >= 11 is 5.79. The Morgan fingerprint density at radius 3 is 2.41 bits per heavy atom. The second kappa shape index (κ2) is 7.85. The second-order valence-corrected chi connectivity index (χ2v) is 6.83. The Bertz CT molecular complexity index is 1270. The molecule has 7 heteroatoms. The van der Waals surface area contributed by atoms with Crippen molar-refractivity contribution in [2.75, 3.05) is 5.32 Å². The van der Waals surface area contributed by atoms with Gasteiger partial charge in [-0.05, 0) is 29.8 Å². The van der Waals surface area contributed by atoms with E-state index in [0.29, 0.717) is 16.5 Å². The van der Waals surface area contributed by atoms with E-state index in [0.717, 1.165) is 5.56 Å². The Kier molecular flexibility index (Phi) is 5.10. The largest absolute Gasteiger partial charge is 0.321 e. The molecule has 1 N–H and O–H groups in total. The summed E-state index contributed by atoms with van der Waals surface area (Å²) in [6, 6.07) is 20.1. The highest BCUT2D eigenvalue weighted by Crippen LogP contribution is 2.21. The molecule has 4 rings (SSSR count). The molecule has 0 saturated carbocycles. The molecule has 3 aromatic carbocycles. The molecule has 1 amide bonds. The number of fused-ring (bicyclic) bond motifs is 1. The standard InChI is InChI=1S/C22H15ClFN3O2/c23-18-12-15(10-11-19(18)24)25-21(28)20-16-8-4-5-9-17(16)22(29)27(26-20)13-14-6-2-1-3-7-14/h1-12H,13H2,(H,25,28). The van der Waals surface area contributed by atoms with Crippen molar-refractivity contribution in [3.8, 4) is 0 Å². The smallest absolute Gasteiger partial charge is 0.276 e. The number of rotatable bonds is 4. The number of anilines is 1. The normalized spacial score (nSPS) is 10.8. The van der Waals surface area contributed by atoms with Gasteiger partial charge in [-0.3, -0.25) is 9.59 Å². The van der Waals surface area contributed by atoms with Gasteiger partial charge in [0.2, 0.25) is 0 Å². The Hall–Kier alpha value is -3.51. The van der Waals surface area contributed by atoms with Gasteiger partial charge in [0.1, 0.15) is 5.82 Å². The third kappa shape index (κ3) is 3.88. The fourth-order valence-electron chi connectivity index (χ4n) is 3.03. The minimum atomic E-state index is -0.579. The molecular formula is C22H15ClFN3O2. The molecule has 0 fully saturated rings. The Balaban J connectivity index is 1.78. The number of carbonyl (C=O) groups excluding carboxylic acids is 1. The number of benzene rings is 3. The maximum atomic E-state index is 13.4. The van der Waals surface area contributed by atoms with Crippen LogP contribution in [-0.4, -0.2) is 15.7 Å². The van der Waals surface area contributed by atoms with E-state index >= 15 is 0 Å². The Morgan fingerprint density at radius 2 is 1.69 bits per heavy atom. The van der Waals surface area contributed by atoms with Crippen molar-refractivity contribution in [2.24, 2.45) is 0 Å². The first-order chi connectivity index (χ1) is 14.0. The topological polar surface area (TPSA) is 64.0 Å². The van der Waals surface area contributed by atoms with Gasteiger partial charge in [-0.2, -0.15) is 5.10 Å². The van der Waals surface area contributed by atoms with E-state index in [-0.39, 0.29) is 22.8 Å². The molecule has 0 radical (unpaired) electrons. The maximum absolute atomic E-state index is 13.4. The van der Waals surface area contributed by atoms with Crippen LogP contribution in [0.5, 0.6) is 0 Å². The molecule has 1 aromatic heterocycles. The summed E-state index contributed by atoms with van der Waals surface area (Å²) in [5.41, 5.74) is 1.02. The molecule has 1 heterocycles. The SMILES string of the molecule is O=C(Nc1ccc(F)c(Cl)c1)c1nn(Cc2ccccc2)c(=O)c2ccccc12. The van der Waals surface area contributed by atoms with Crippen molar-refractivity contribution in [3.05, 3.63) is 105 Å². The van der Waals surface area contributed by atoms with Crippen LogP contribution in [0.15, 0.2) is 77.6 Å². The molecule has 0 aliphatic carbocycles. The summed E-state index contributed by atoms with van der Waals surface area (Å²) in [5, 5.41) is 7.70. The third-order valence-electron chi connectivity index (χ3n) is 4.44. The van der Waals surface area contributed by atoms with E-state index < -0.39 is 11.7 Å². The molecule has 29 heavy (non-hydrogen) atoms. The van der Waals surface area contributed by atoms with Crippen LogP contribution in [0.25, 0.3) is 10.8 Å². The summed E-state index contributed by atoms with van der Waals surface area (Å²) in [5.74, 6) is -1.10. The predicted molar refractivity (Wildman–Crippen MR) is 111 cm³/mol. The highest BCUT2D eigenvalue weighted by molar-refractivity contribution is 6.31. The zero-order valence-corrected chi connectivity index (χ0v) is 15.9. The van der Waals surface area contributed by atoms with E-state index in [1.54, 1.807) is 24.3 Å².